The Labute approximate surface area is 280 Å². The molecule has 0 bridgehead atoms. The average molecular weight is 658 g/mol. The summed E-state index contributed by atoms with van der Waals surface area (Å²) in [5.74, 6) is -2.23. The van der Waals surface area contributed by atoms with Crippen molar-refractivity contribution in [3.8, 4) is 0 Å². The minimum Gasteiger partial charge on any atom is -0.462 e. The second kappa shape index (κ2) is 19.6. The van der Waals surface area contributed by atoms with Gasteiger partial charge in [0.05, 0.1) is 37.8 Å². The topological polar surface area (TPSA) is 152 Å². The zero-order valence-electron chi connectivity index (χ0n) is 26.8. The first-order valence-electron chi connectivity index (χ1n) is 16.0. The lowest BCUT2D eigenvalue weighted by Gasteiger charge is -2.25. The zero-order chi connectivity index (χ0) is 34.0. The third-order valence-corrected chi connectivity index (χ3v) is 7.67. The van der Waals surface area contributed by atoms with Gasteiger partial charge < -0.3 is 35.3 Å². The van der Waals surface area contributed by atoms with Gasteiger partial charge in [0.1, 0.15) is 19.3 Å². The number of amides is 3. The smallest absolute Gasteiger partial charge is 0.408 e. The average Bonchev–Trinajstić information content (AvgIpc) is 3.10. The van der Waals surface area contributed by atoms with E-state index in [1.165, 1.54) is 0 Å². The van der Waals surface area contributed by atoms with Crippen LogP contribution in [0.4, 0.5) is 4.79 Å². The van der Waals surface area contributed by atoms with E-state index in [4.69, 9.17) is 14.2 Å². The maximum Gasteiger partial charge on any atom is 0.408 e. The van der Waals surface area contributed by atoms with Gasteiger partial charge in [-0.25, -0.2) is 9.59 Å². The highest BCUT2D eigenvalue weighted by Crippen LogP contribution is 2.14. The van der Waals surface area contributed by atoms with Crippen LogP contribution in [0.2, 0.25) is 0 Å². The molecule has 4 atom stereocenters. The van der Waals surface area contributed by atoms with Crippen molar-refractivity contribution in [1.29, 1.82) is 0 Å². The van der Waals surface area contributed by atoms with Crippen molar-refractivity contribution in [2.24, 2.45) is 5.92 Å². The molecule has 0 aliphatic carbocycles. The number of carbonyl (C=O) groups is 4. The summed E-state index contributed by atoms with van der Waals surface area (Å²) in [6.07, 6.45) is 3.17. The third kappa shape index (κ3) is 12.7. The first-order chi connectivity index (χ1) is 23.4. The molecule has 1 heterocycles. The fourth-order valence-corrected chi connectivity index (χ4v) is 5.09. The summed E-state index contributed by atoms with van der Waals surface area (Å²) in [7, 11) is 0. The van der Waals surface area contributed by atoms with Gasteiger partial charge in [0, 0.05) is 6.42 Å². The third-order valence-electron chi connectivity index (χ3n) is 7.67. The highest BCUT2D eigenvalue weighted by Gasteiger charge is 2.28. The summed E-state index contributed by atoms with van der Waals surface area (Å²) in [5, 5.41) is 18.2. The predicted molar refractivity (Wildman–Crippen MR) is 178 cm³/mol. The van der Waals surface area contributed by atoms with Crippen molar-refractivity contribution in [1.82, 2.24) is 16.0 Å². The summed E-state index contributed by atoms with van der Waals surface area (Å²) >= 11 is 0. The molecule has 1 aliphatic heterocycles. The highest BCUT2D eigenvalue weighted by atomic mass is 16.6. The van der Waals surface area contributed by atoms with Crippen LogP contribution >= 0.6 is 0 Å². The molecule has 3 amide bonds. The van der Waals surface area contributed by atoms with Crippen molar-refractivity contribution in [3.63, 3.8) is 0 Å². The second-order valence-electron chi connectivity index (χ2n) is 11.6. The van der Waals surface area contributed by atoms with E-state index < -0.39 is 42.0 Å². The van der Waals surface area contributed by atoms with E-state index in [1.807, 2.05) is 91.0 Å². The Morgan fingerprint density at radius 1 is 0.854 bits per heavy atom. The quantitative estimate of drug-likeness (QED) is 0.161. The minimum atomic E-state index is -1.05. The van der Waals surface area contributed by atoms with Crippen molar-refractivity contribution in [2.45, 2.75) is 57.0 Å². The lowest BCUT2D eigenvalue weighted by Crippen LogP contribution is -2.48. The van der Waals surface area contributed by atoms with E-state index in [9.17, 15) is 24.3 Å². The number of aliphatic hydroxyl groups excluding tert-OH is 1. The number of hydrogen-bond donors (Lipinski definition) is 4. The fraction of sp³-hybridized carbons (Fsp3) is 0.351. The Hall–Kier alpha value is -5.00. The van der Waals surface area contributed by atoms with Crippen LogP contribution in [0.1, 0.15) is 36.0 Å². The van der Waals surface area contributed by atoms with Gasteiger partial charge in [0.2, 0.25) is 11.8 Å². The van der Waals surface area contributed by atoms with Crippen LogP contribution in [-0.2, 0) is 48.2 Å². The molecule has 0 saturated carbocycles. The van der Waals surface area contributed by atoms with Crippen molar-refractivity contribution >= 4 is 23.9 Å². The number of benzene rings is 3. The molecule has 48 heavy (non-hydrogen) atoms. The number of rotatable bonds is 13. The molecule has 254 valence electrons. The molecule has 4 N–H and O–H groups in total. The molecule has 4 rings (SSSR count). The van der Waals surface area contributed by atoms with Gasteiger partial charge >= 0.3 is 12.1 Å². The Bertz CT molecular complexity index is 1470. The molecule has 11 heteroatoms. The Morgan fingerprint density at radius 2 is 1.46 bits per heavy atom. The number of aliphatic hydroxyl groups is 1. The van der Waals surface area contributed by atoms with Crippen molar-refractivity contribution in [3.05, 3.63) is 120 Å². The Kier molecular flexibility index (Phi) is 14.6. The van der Waals surface area contributed by atoms with E-state index in [0.717, 1.165) is 16.7 Å². The van der Waals surface area contributed by atoms with Gasteiger partial charge in [0.15, 0.2) is 0 Å². The van der Waals surface area contributed by atoms with Crippen molar-refractivity contribution in [2.75, 3.05) is 19.8 Å². The molecule has 3 aromatic rings. The Morgan fingerprint density at radius 3 is 2.10 bits per heavy atom. The first-order valence-corrected chi connectivity index (χ1v) is 16.0. The molecular weight excluding hydrogens is 614 g/mol. The second-order valence-corrected chi connectivity index (χ2v) is 11.6. The number of alkyl carbamates (subject to hydrolysis) is 1. The van der Waals surface area contributed by atoms with Gasteiger partial charge in [-0.15, -0.1) is 0 Å². The van der Waals surface area contributed by atoms with E-state index in [0.29, 0.717) is 6.42 Å². The number of carbonyl (C=O) groups excluding carboxylic acids is 4. The Balaban J connectivity index is 1.42. The van der Waals surface area contributed by atoms with E-state index in [-0.39, 0.29) is 58.2 Å². The summed E-state index contributed by atoms with van der Waals surface area (Å²) in [6.45, 7) is -0.140. The monoisotopic (exact) mass is 657 g/mol. The number of allylic oxidation sites excluding steroid dienone is 1. The van der Waals surface area contributed by atoms with Crippen LogP contribution < -0.4 is 16.0 Å². The first kappa shape index (κ1) is 35.8. The standard InChI is InChI=1S/C37H43N3O8/c41-22-31(20-27-12-4-1-5-13-27)38-34(42)21-30-18-10-11-19-33(40-37(45)48-24-29-16-8-3-9-17-29)36(44)47-26-32(39-35(30)43)25-46-23-28-14-6-2-7-15-28/h1-17,30-33,41H,18-26H2,(H,38,42)(H,39,43)(H,40,45)/t30-,31+,32+,33-/m1/s1. The van der Waals surface area contributed by atoms with Gasteiger partial charge in [-0.2, -0.15) is 0 Å². The maximum absolute atomic E-state index is 13.5. The number of cyclic esters (lactones) is 1. The molecule has 0 fully saturated rings. The minimum absolute atomic E-state index is 0.0311. The fourth-order valence-electron chi connectivity index (χ4n) is 5.09. The van der Waals surface area contributed by atoms with E-state index in [2.05, 4.69) is 16.0 Å². The maximum atomic E-state index is 13.5. The molecule has 1 aliphatic rings. The SMILES string of the molecule is O=C(C[C@H]1CC=CC[C@@H](NC(=O)OCc2ccccc2)C(=O)OC[C@H](COCc2ccccc2)NC1=O)N[C@H](CO)Cc1ccccc1. The van der Waals surface area contributed by atoms with Gasteiger partial charge in [-0.05, 0) is 36.0 Å². The highest BCUT2D eigenvalue weighted by molar-refractivity contribution is 5.86. The number of hydrogen-bond acceptors (Lipinski definition) is 8. The summed E-state index contributed by atoms with van der Waals surface area (Å²) in [6, 6.07) is 25.8. The molecule has 0 radical (unpaired) electrons. The van der Waals surface area contributed by atoms with Gasteiger partial charge in [-0.1, -0.05) is 103 Å². The normalized spacial score (nSPS) is 19.1. The number of esters is 1. The largest absolute Gasteiger partial charge is 0.462 e. The molecule has 3 aromatic carbocycles. The molecular formula is C37H43N3O8. The van der Waals surface area contributed by atoms with Gasteiger partial charge in [0.25, 0.3) is 0 Å². The van der Waals surface area contributed by atoms with Crippen LogP contribution in [0, 0.1) is 5.92 Å². The van der Waals surface area contributed by atoms with E-state index in [1.54, 1.807) is 12.2 Å². The summed E-state index contributed by atoms with van der Waals surface area (Å²) < 4.78 is 16.7. The van der Waals surface area contributed by atoms with Crippen LogP contribution in [0.15, 0.2) is 103 Å². The van der Waals surface area contributed by atoms with Crippen LogP contribution in [0.5, 0.6) is 0 Å². The van der Waals surface area contributed by atoms with E-state index >= 15 is 0 Å². The lowest BCUT2D eigenvalue weighted by atomic mass is 9.97. The molecule has 0 aromatic heterocycles. The molecule has 11 nitrogen and oxygen atoms in total. The van der Waals surface area contributed by atoms with Gasteiger partial charge in [-0.3, -0.25) is 9.59 Å². The van der Waals surface area contributed by atoms with Crippen molar-refractivity contribution < 1.29 is 38.5 Å². The predicted octanol–water partition coefficient (Wildman–Crippen LogP) is 3.60. The van der Waals surface area contributed by atoms with Crippen LogP contribution in [0.25, 0.3) is 0 Å². The number of ether oxygens (including phenoxy) is 3. The zero-order valence-corrected chi connectivity index (χ0v) is 26.8. The molecule has 0 saturated heterocycles. The number of nitrogens with one attached hydrogen (secondary N) is 3. The molecule has 0 unspecified atom stereocenters. The lowest BCUT2D eigenvalue weighted by molar-refractivity contribution is -0.148. The summed E-state index contributed by atoms with van der Waals surface area (Å²) in [4.78, 5) is 52.3. The molecule has 0 spiro atoms. The van der Waals surface area contributed by atoms with Crippen LogP contribution in [0.3, 0.4) is 0 Å². The van der Waals surface area contributed by atoms with Crippen LogP contribution in [-0.4, -0.2) is 66.9 Å². The summed E-state index contributed by atoms with van der Waals surface area (Å²) in [5.41, 5.74) is 2.69.